The molecule has 116 valence electrons. The number of piperidine rings is 1. The lowest BCUT2D eigenvalue weighted by atomic mass is 9.98. The molecule has 21 heavy (non-hydrogen) atoms. The van der Waals surface area contributed by atoms with Crippen LogP contribution in [0.2, 0.25) is 0 Å². The summed E-state index contributed by atoms with van der Waals surface area (Å²) in [6, 6.07) is 9.54. The minimum absolute atomic E-state index is 0.0464. The number of likely N-dealkylation sites (tertiary alicyclic amines) is 1. The third-order valence-corrected chi connectivity index (χ3v) is 3.78. The molecule has 0 spiro atoms. The second-order valence-electron chi connectivity index (χ2n) is 5.54. The van der Waals surface area contributed by atoms with Crippen molar-refractivity contribution in [1.29, 1.82) is 0 Å². The lowest BCUT2D eigenvalue weighted by molar-refractivity contribution is 0.134. The van der Waals surface area contributed by atoms with Gasteiger partial charge < -0.3 is 20.1 Å². The molecule has 5 heteroatoms. The minimum atomic E-state index is -0.0775. The maximum absolute atomic E-state index is 12.0. The zero-order valence-electron chi connectivity index (χ0n) is 12.5. The Kier molecular flexibility index (Phi) is 5.87. The molecule has 2 amide bonds. The highest BCUT2D eigenvalue weighted by molar-refractivity contribution is 5.74. The van der Waals surface area contributed by atoms with Gasteiger partial charge in [-0.2, -0.15) is 0 Å². The molecule has 1 unspecified atom stereocenters. The lowest BCUT2D eigenvalue weighted by Crippen LogP contribution is -2.47. The number of nitrogens with zero attached hydrogens (tertiary/aromatic N) is 1. The van der Waals surface area contributed by atoms with Gasteiger partial charge in [0.2, 0.25) is 0 Å². The third kappa shape index (κ3) is 4.93. The highest BCUT2D eigenvalue weighted by Crippen LogP contribution is 2.16. The van der Waals surface area contributed by atoms with E-state index in [0.29, 0.717) is 25.6 Å². The second kappa shape index (κ2) is 7.88. The molecule has 1 aromatic rings. The van der Waals surface area contributed by atoms with Crippen LogP contribution in [0.25, 0.3) is 0 Å². The molecule has 0 saturated carbocycles. The predicted molar refractivity (Wildman–Crippen MR) is 81.3 cm³/mol. The maximum Gasteiger partial charge on any atom is 0.317 e. The Hall–Kier alpha value is -1.75. The van der Waals surface area contributed by atoms with Crippen molar-refractivity contribution < 1.29 is 14.6 Å². The Labute approximate surface area is 125 Å². The van der Waals surface area contributed by atoms with Gasteiger partial charge in [-0.25, -0.2) is 4.79 Å². The number of para-hydroxylation sites is 1. The Bertz CT molecular complexity index is 430. The second-order valence-corrected chi connectivity index (χ2v) is 5.54. The van der Waals surface area contributed by atoms with Gasteiger partial charge in [-0.05, 0) is 37.8 Å². The SMILES string of the molecule is CC(CNC(=O)N1CCC(CO)CC1)Oc1ccccc1. The molecule has 2 rings (SSSR count). The number of benzene rings is 1. The van der Waals surface area contributed by atoms with Crippen molar-refractivity contribution in [2.45, 2.75) is 25.9 Å². The molecule has 1 heterocycles. The number of nitrogens with one attached hydrogen (secondary N) is 1. The van der Waals surface area contributed by atoms with Crippen LogP contribution >= 0.6 is 0 Å². The first-order chi connectivity index (χ1) is 10.2. The molecule has 1 fully saturated rings. The number of hydrogen-bond acceptors (Lipinski definition) is 3. The number of carbonyl (C=O) groups excluding carboxylic acids is 1. The first-order valence-corrected chi connectivity index (χ1v) is 7.54. The number of aliphatic hydroxyl groups excluding tert-OH is 1. The molecule has 1 aliphatic heterocycles. The number of urea groups is 1. The molecule has 1 aliphatic rings. The Balaban J connectivity index is 1.69. The fraction of sp³-hybridized carbons (Fsp3) is 0.562. The summed E-state index contributed by atoms with van der Waals surface area (Å²) in [5.74, 6) is 1.15. The topological polar surface area (TPSA) is 61.8 Å². The summed E-state index contributed by atoms with van der Waals surface area (Å²) in [5, 5.41) is 12.0. The van der Waals surface area contributed by atoms with Gasteiger partial charge >= 0.3 is 6.03 Å². The molecule has 1 saturated heterocycles. The Morgan fingerprint density at radius 1 is 1.38 bits per heavy atom. The summed E-state index contributed by atoms with van der Waals surface area (Å²) in [7, 11) is 0. The van der Waals surface area contributed by atoms with Crippen LogP contribution in [0, 0.1) is 5.92 Å². The summed E-state index contributed by atoms with van der Waals surface area (Å²) in [6.07, 6.45) is 1.67. The summed E-state index contributed by atoms with van der Waals surface area (Å²) >= 11 is 0. The van der Waals surface area contributed by atoms with E-state index >= 15 is 0 Å². The van der Waals surface area contributed by atoms with Crippen molar-refractivity contribution in [3.05, 3.63) is 30.3 Å². The quantitative estimate of drug-likeness (QED) is 0.871. The average molecular weight is 292 g/mol. The fourth-order valence-corrected chi connectivity index (χ4v) is 2.43. The van der Waals surface area contributed by atoms with E-state index in [1.165, 1.54) is 0 Å². The smallest absolute Gasteiger partial charge is 0.317 e. The molecule has 2 N–H and O–H groups in total. The van der Waals surface area contributed by atoms with Crippen molar-refractivity contribution >= 4 is 6.03 Å². The zero-order chi connectivity index (χ0) is 15.1. The van der Waals surface area contributed by atoms with E-state index in [0.717, 1.165) is 18.6 Å². The lowest BCUT2D eigenvalue weighted by Gasteiger charge is -2.31. The minimum Gasteiger partial charge on any atom is -0.489 e. The van der Waals surface area contributed by atoms with E-state index in [-0.39, 0.29) is 18.7 Å². The van der Waals surface area contributed by atoms with Gasteiger partial charge in [-0.1, -0.05) is 18.2 Å². The molecule has 0 radical (unpaired) electrons. The Morgan fingerprint density at radius 2 is 2.05 bits per heavy atom. The number of ether oxygens (including phenoxy) is 1. The van der Waals surface area contributed by atoms with E-state index in [1.54, 1.807) is 4.90 Å². The number of rotatable bonds is 5. The predicted octanol–water partition coefficient (Wildman–Crippen LogP) is 1.87. The molecule has 0 bridgehead atoms. The summed E-state index contributed by atoms with van der Waals surface area (Å²) < 4.78 is 5.72. The van der Waals surface area contributed by atoms with Crippen LogP contribution in [-0.2, 0) is 0 Å². The number of aliphatic hydroxyl groups is 1. The summed E-state index contributed by atoms with van der Waals surface area (Å²) in [4.78, 5) is 13.9. The first-order valence-electron chi connectivity index (χ1n) is 7.54. The van der Waals surface area contributed by atoms with Crippen molar-refractivity contribution in [2.75, 3.05) is 26.2 Å². The van der Waals surface area contributed by atoms with Gasteiger partial charge in [-0.3, -0.25) is 0 Å². The zero-order valence-corrected chi connectivity index (χ0v) is 12.5. The van der Waals surface area contributed by atoms with E-state index < -0.39 is 0 Å². The van der Waals surface area contributed by atoms with Crippen LogP contribution in [0.4, 0.5) is 4.79 Å². The fourth-order valence-electron chi connectivity index (χ4n) is 2.43. The summed E-state index contributed by atoms with van der Waals surface area (Å²) in [6.45, 7) is 4.06. The van der Waals surface area contributed by atoms with E-state index in [2.05, 4.69) is 5.32 Å². The van der Waals surface area contributed by atoms with E-state index in [1.807, 2.05) is 37.3 Å². The van der Waals surface area contributed by atoms with Crippen LogP contribution in [0.1, 0.15) is 19.8 Å². The van der Waals surface area contributed by atoms with Gasteiger partial charge in [0.1, 0.15) is 11.9 Å². The largest absolute Gasteiger partial charge is 0.489 e. The summed E-state index contributed by atoms with van der Waals surface area (Å²) in [5.41, 5.74) is 0. The number of carbonyl (C=O) groups is 1. The highest BCUT2D eigenvalue weighted by atomic mass is 16.5. The standard InChI is InChI=1S/C16H24N2O3/c1-13(21-15-5-3-2-4-6-15)11-17-16(20)18-9-7-14(12-19)8-10-18/h2-6,13-14,19H,7-12H2,1H3,(H,17,20). The molecule has 0 aliphatic carbocycles. The monoisotopic (exact) mass is 292 g/mol. The van der Waals surface area contributed by atoms with Crippen LogP contribution in [0.3, 0.4) is 0 Å². The molecule has 1 atom stereocenters. The van der Waals surface area contributed by atoms with Crippen LogP contribution in [0.5, 0.6) is 5.75 Å². The first kappa shape index (κ1) is 15.6. The van der Waals surface area contributed by atoms with Gasteiger partial charge in [0, 0.05) is 19.7 Å². The van der Waals surface area contributed by atoms with Gasteiger partial charge in [-0.15, -0.1) is 0 Å². The molecular formula is C16H24N2O3. The maximum atomic E-state index is 12.0. The molecule has 0 aromatic heterocycles. The van der Waals surface area contributed by atoms with E-state index in [9.17, 15) is 4.79 Å². The van der Waals surface area contributed by atoms with Crippen molar-refractivity contribution in [1.82, 2.24) is 10.2 Å². The van der Waals surface area contributed by atoms with Crippen LogP contribution < -0.4 is 10.1 Å². The molecular weight excluding hydrogens is 268 g/mol. The van der Waals surface area contributed by atoms with Crippen molar-refractivity contribution in [3.63, 3.8) is 0 Å². The van der Waals surface area contributed by atoms with Crippen molar-refractivity contribution in [3.8, 4) is 5.75 Å². The highest BCUT2D eigenvalue weighted by Gasteiger charge is 2.22. The van der Waals surface area contributed by atoms with Gasteiger partial charge in [0.25, 0.3) is 0 Å². The Morgan fingerprint density at radius 3 is 2.67 bits per heavy atom. The van der Waals surface area contributed by atoms with E-state index in [4.69, 9.17) is 9.84 Å². The van der Waals surface area contributed by atoms with Gasteiger partial charge in [0.05, 0.1) is 6.54 Å². The number of amides is 2. The number of hydrogen-bond donors (Lipinski definition) is 2. The van der Waals surface area contributed by atoms with Crippen molar-refractivity contribution in [2.24, 2.45) is 5.92 Å². The third-order valence-electron chi connectivity index (χ3n) is 3.78. The van der Waals surface area contributed by atoms with Crippen LogP contribution in [-0.4, -0.2) is 48.4 Å². The molecule has 1 aromatic carbocycles. The van der Waals surface area contributed by atoms with Crippen LogP contribution in [0.15, 0.2) is 30.3 Å². The average Bonchev–Trinajstić information content (AvgIpc) is 2.53. The normalized spacial score (nSPS) is 17.3. The van der Waals surface area contributed by atoms with Gasteiger partial charge in [0.15, 0.2) is 0 Å². The molecule has 5 nitrogen and oxygen atoms in total.